The van der Waals surface area contributed by atoms with Gasteiger partial charge in [-0.2, -0.15) is 0 Å². The summed E-state index contributed by atoms with van der Waals surface area (Å²) in [6, 6.07) is 3.50. The molecule has 2 aromatic rings. The number of ether oxygens (including phenoxy) is 1. The molecule has 2 rings (SSSR count). The van der Waals surface area contributed by atoms with Gasteiger partial charge in [-0.3, -0.25) is 4.79 Å². The average molecular weight is 358 g/mol. The Hall–Kier alpha value is -1.37. The highest BCUT2D eigenvalue weighted by molar-refractivity contribution is 14.1. The van der Waals surface area contributed by atoms with Crippen molar-refractivity contribution in [1.29, 1.82) is 0 Å². The summed E-state index contributed by atoms with van der Waals surface area (Å²) in [6.45, 7) is 4.93. The van der Waals surface area contributed by atoms with Crippen LogP contribution in [0.4, 0.5) is 0 Å². The van der Waals surface area contributed by atoms with Crippen LogP contribution in [0.3, 0.4) is 0 Å². The summed E-state index contributed by atoms with van der Waals surface area (Å²) in [6.07, 6.45) is 0. The van der Waals surface area contributed by atoms with Crippen LogP contribution in [-0.4, -0.2) is 5.97 Å². The van der Waals surface area contributed by atoms with E-state index in [1.165, 1.54) is 6.92 Å². The van der Waals surface area contributed by atoms with E-state index in [-0.39, 0.29) is 5.63 Å². The van der Waals surface area contributed by atoms with E-state index in [2.05, 4.69) is 0 Å². The van der Waals surface area contributed by atoms with Crippen molar-refractivity contribution >= 4 is 39.5 Å². The molecule has 0 aliphatic carbocycles. The summed E-state index contributed by atoms with van der Waals surface area (Å²) in [5.74, 6) is 0.000416. The van der Waals surface area contributed by atoms with Crippen LogP contribution < -0.4 is 10.4 Å². The third-order valence-corrected chi connectivity index (χ3v) is 3.80. The highest BCUT2D eigenvalue weighted by atomic mass is 127. The van der Waals surface area contributed by atoms with Crippen molar-refractivity contribution in [3.8, 4) is 5.75 Å². The lowest BCUT2D eigenvalue weighted by atomic mass is 10.1. The Morgan fingerprint density at radius 1 is 1.28 bits per heavy atom. The van der Waals surface area contributed by atoms with Crippen molar-refractivity contribution in [3.63, 3.8) is 0 Å². The zero-order chi connectivity index (χ0) is 13.4. The molecule has 1 heterocycles. The lowest BCUT2D eigenvalue weighted by molar-refractivity contribution is -0.131. The predicted molar refractivity (Wildman–Crippen MR) is 76.0 cm³/mol. The summed E-state index contributed by atoms with van der Waals surface area (Å²) in [4.78, 5) is 22.6. The van der Waals surface area contributed by atoms with Crippen LogP contribution in [0.1, 0.15) is 18.1 Å². The molecule has 0 saturated carbocycles. The van der Waals surface area contributed by atoms with E-state index >= 15 is 0 Å². The lowest BCUT2D eigenvalue weighted by Gasteiger charge is -2.09. The zero-order valence-corrected chi connectivity index (χ0v) is 12.3. The second-order valence-corrected chi connectivity index (χ2v) is 5.07. The number of hydrogen-bond donors (Lipinski definition) is 0. The second kappa shape index (κ2) is 4.72. The van der Waals surface area contributed by atoms with Crippen LogP contribution in [-0.2, 0) is 4.79 Å². The Kier molecular flexibility index (Phi) is 3.43. The Labute approximate surface area is 117 Å². The minimum atomic E-state index is -0.404. The first-order valence-electron chi connectivity index (χ1n) is 5.32. The molecule has 5 heteroatoms. The van der Waals surface area contributed by atoms with Crippen molar-refractivity contribution in [2.45, 2.75) is 20.8 Å². The summed E-state index contributed by atoms with van der Waals surface area (Å²) < 4.78 is 11.0. The molecule has 0 N–H and O–H groups in total. The number of carbonyl (C=O) groups is 1. The first-order chi connectivity index (χ1) is 8.41. The average Bonchev–Trinajstić information content (AvgIpc) is 2.30. The van der Waals surface area contributed by atoms with Gasteiger partial charge >= 0.3 is 11.6 Å². The van der Waals surface area contributed by atoms with Gasteiger partial charge in [-0.25, -0.2) is 4.79 Å². The van der Waals surface area contributed by atoms with Gasteiger partial charge in [0.25, 0.3) is 0 Å². The number of esters is 1. The number of halogens is 1. The van der Waals surface area contributed by atoms with Gasteiger partial charge in [0.15, 0.2) is 5.58 Å². The fourth-order valence-electron chi connectivity index (χ4n) is 1.69. The quantitative estimate of drug-likeness (QED) is 0.341. The molecule has 4 nitrogen and oxygen atoms in total. The number of carbonyl (C=O) groups excluding carboxylic acids is 1. The van der Waals surface area contributed by atoms with Gasteiger partial charge in [0.05, 0.1) is 3.57 Å². The smallest absolute Gasteiger partial charge is 0.339 e. The van der Waals surface area contributed by atoms with Crippen molar-refractivity contribution in [3.05, 3.63) is 37.2 Å². The molecule has 0 amide bonds. The molecule has 0 aliphatic rings. The van der Waals surface area contributed by atoms with Crippen LogP contribution in [0.5, 0.6) is 5.75 Å². The maximum atomic E-state index is 11.7. The standard InChI is InChI=1S/C13H11IO4/c1-6-7(2)13(16)18-12-9(6)4-5-10(11(12)14)17-8(3)15/h4-5H,1-3H3. The van der Waals surface area contributed by atoms with E-state index in [0.717, 1.165) is 10.9 Å². The number of fused-ring (bicyclic) bond motifs is 1. The number of hydrogen-bond acceptors (Lipinski definition) is 4. The van der Waals surface area contributed by atoms with Gasteiger partial charge in [-0.05, 0) is 54.1 Å². The molecule has 0 unspecified atom stereocenters. The maximum absolute atomic E-state index is 11.7. The van der Waals surface area contributed by atoms with Gasteiger partial charge in [-0.15, -0.1) is 0 Å². The molecule has 0 spiro atoms. The Balaban J connectivity index is 2.79. The van der Waals surface area contributed by atoms with E-state index < -0.39 is 5.97 Å². The van der Waals surface area contributed by atoms with Crippen LogP contribution in [0, 0.1) is 17.4 Å². The Morgan fingerprint density at radius 3 is 2.56 bits per heavy atom. The van der Waals surface area contributed by atoms with Crippen molar-refractivity contribution in [1.82, 2.24) is 0 Å². The number of rotatable bonds is 1. The summed E-state index contributed by atoms with van der Waals surface area (Å²) in [7, 11) is 0. The van der Waals surface area contributed by atoms with E-state index in [0.29, 0.717) is 20.5 Å². The molecule has 94 valence electrons. The molecular weight excluding hydrogens is 347 g/mol. The second-order valence-electron chi connectivity index (χ2n) is 3.99. The minimum absolute atomic E-state index is 0.363. The van der Waals surface area contributed by atoms with Gasteiger partial charge in [0, 0.05) is 17.9 Å². The SMILES string of the molecule is CC(=O)Oc1ccc2c(C)c(C)c(=O)oc2c1I. The molecule has 0 saturated heterocycles. The highest BCUT2D eigenvalue weighted by Gasteiger charge is 2.14. The molecule has 18 heavy (non-hydrogen) atoms. The van der Waals surface area contributed by atoms with Gasteiger partial charge < -0.3 is 9.15 Å². The van der Waals surface area contributed by atoms with E-state index in [1.807, 2.05) is 29.5 Å². The molecule has 0 fully saturated rings. The molecule has 1 aromatic carbocycles. The predicted octanol–water partition coefficient (Wildman–Crippen LogP) is 2.94. The largest absolute Gasteiger partial charge is 0.425 e. The van der Waals surface area contributed by atoms with Crippen LogP contribution in [0.15, 0.2) is 21.3 Å². The molecular formula is C13H11IO4. The maximum Gasteiger partial charge on any atom is 0.339 e. The number of benzene rings is 1. The summed E-state index contributed by atoms with van der Waals surface area (Å²) in [5.41, 5.74) is 1.58. The fourth-order valence-corrected chi connectivity index (χ4v) is 2.38. The summed E-state index contributed by atoms with van der Waals surface area (Å²) >= 11 is 2.01. The molecule has 0 atom stereocenters. The van der Waals surface area contributed by atoms with E-state index in [1.54, 1.807) is 19.1 Å². The first-order valence-corrected chi connectivity index (χ1v) is 6.40. The normalized spacial score (nSPS) is 10.7. The van der Waals surface area contributed by atoms with Gasteiger partial charge in [0.1, 0.15) is 5.75 Å². The van der Waals surface area contributed by atoms with Crippen molar-refractivity contribution < 1.29 is 13.9 Å². The van der Waals surface area contributed by atoms with Gasteiger partial charge in [0.2, 0.25) is 0 Å². The third kappa shape index (κ3) is 2.14. The highest BCUT2D eigenvalue weighted by Crippen LogP contribution is 2.31. The zero-order valence-electron chi connectivity index (χ0n) is 10.2. The molecule has 0 bridgehead atoms. The van der Waals surface area contributed by atoms with Crippen LogP contribution in [0.2, 0.25) is 0 Å². The molecule has 1 aromatic heterocycles. The van der Waals surface area contributed by atoms with Crippen molar-refractivity contribution in [2.75, 3.05) is 0 Å². The lowest BCUT2D eigenvalue weighted by Crippen LogP contribution is -2.08. The first kappa shape index (κ1) is 13.1. The fraction of sp³-hybridized carbons (Fsp3) is 0.231. The van der Waals surface area contributed by atoms with Crippen molar-refractivity contribution in [2.24, 2.45) is 0 Å². The molecule has 0 radical (unpaired) electrons. The Morgan fingerprint density at radius 2 is 1.94 bits per heavy atom. The molecule has 0 aliphatic heterocycles. The van der Waals surface area contributed by atoms with E-state index in [9.17, 15) is 9.59 Å². The minimum Gasteiger partial charge on any atom is -0.425 e. The monoisotopic (exact) mass is 358 g/mol. The van der Waals surface area contributed by atoms with Crippen LogP contribution in [0.25, 0.3) is 11.0 Å². The van der Waals surface area contributed by atoms with E-state index in [4.69, 9.17) is 9.15 Å². The third-order valence-electron chi connectivity index (χ3n) is 2.78. The van der Waals surface area contributed by atoms with Crippen LogP contribution >= 0.6 is 22.6 Å². The topological polar surface area (TPSA) is 56.5 Å². The summed E-state index contributed by atoms with van der Waals surface area (Å²) in [5, 5.41) is 0.854. The van der Waals surface area contributed by atoms with Gasteiger partial charge in [-0.1, -0.05) is 0 Å². The Bertz CT molecular complexity index is 700. The number of aryl methyl sites for hydroxylation is 1.